The molecule has 2 amide bonds. The number of H-pyrrole nitrogens is 1. The molecule has 0 aliphatic heterocycles. The number of hydrogen-bond donors (Lipinski definition) is 5. The summed E-state index contributed by atoms with van der Waals surface area (Å²) in [6.07, 6.45) is 3.91. The lowest BCUT2D eigenvalue weighted by atomic mass is 10.2. The van der Waals surface area contributed by atoms with Gasteiger partial charge in [0, 0.05) is 25.9 Å². The van der Waals surface area contributed by atoms with E-state index in [0.717, 1.165) is 6.21 Å². The number of amides is 2. The number of pyridine rings is 1. The largest absolute Gasteiger partial charge is 0.397 e. The van der Waals surface area contributed by atoms with E-state index in [2.05, 4.69) is 30.6 Å². The monoisotopic (exact) mass is 381 g/mol. The number of fused-ring (bicyclic) bond motifs is 1. The highest BCUT2D eigenvalue weighted by molar-refractivity contribution is 6.01. The Labute approximate surface area is 159 Å². The molecule has 28 heavy (non-hydrogen) atoms. The van der Waals surface area contributed by atoms with Crippen LogP contribution in [0.4, 0.5) is 17.3 Å². The molecule has 11 heteroatoms. The molecule has 0 aliphatic carbocycles. The van der Waals surface area contributed by atoms with Crippen molar-refractivity contribution in [2.24, 2.45) is 0 Å². The normalized spacial score (nSPS) is 10.5. The number of rotatable bonds is 6. The molecule has 0 atom stereocenters. The van der Waals surface area contributed by atoms with Gasteiger partial charge in [0.25, 0.3) is 5.91 Å². The van der Waals surface area contributed by atoms with Gasteiger partial charge in [-0.2, -0.15) is 0 Å². The van der Waals surface area contributed by atoms with E-state index in [1.54, 1.807) is 26.2 Å². The van der Waals surface area contributed by atoms with E-state index in [1.165, 1.54) is 17.4 Å². The summed E-state index contributed by atoms with van der Waals surface area (Å²) in [6, 6.07) is 3.20. The quantitative estimate of drug-likeness (QED) is 0.387. The molecule has 0 aromatic carbocycles. The third kappa shape index (κ3) is 3.87. The average Bonchev–Trinajstić information content (AvgIpc) is 3.12. The van der Waals surface area contributed by atoms with Crippen molar-refractivity contribution in [1.82, 2.24) is 30.2 Å². The second-order valence-electron chi connectivity index (χ2n) is 6.11. The van der Waals surface area contributed by atoms with Crippen molar-refractivity contribution in [2.45, 2.75) is 0 Å². The van der Waals surface area contributed by atoms with E-state index in [0.29, 0.717) is 33.9 Å². The number of nitrogens with one attached hydrogen (secondary N) is 4. The number of nitrogen functional groups attached to an aromatic ring is 1. The van der Waals surface area contributed by atoms with E-state index < -0.39 is 5.91 Å². The van der Waals surface area contributed by atoms with Crippen molar-refractivity contribution in [1.29, 1.82) is 5.41 Å². The number of aromatic amines is 1. The molecule has 0 saturated heterocycles. The van der Waals surface area contributed by atoms with E-state index >= 15 is 0 Å². The number of likely N-dealkylation sites (N-methyl/N-ethyl adjacent to an activating group) is 1. The van der Waals surface area contributed by atoms with Crippen LogP contribution in [0.1, 0.15) is 16.1 Å². The Morgan fingerprint density at radius 2 is 2.07 bits per heavy atom. The van der Waals surface area contributed by atoms with Gasteiger partial charge in [-0.1, -0.05) is 0 Å². The predicted octanol–water partition coefficient (Wildman–Crippen LogP) is 0.494. The van der Waals surface area contributed by atoms with Crippen LogP contribution in [-0.4, -0.2) is 63.5 Å². The smallest absolute Gasteiger partial charge is 0.268 e. The van der Waals surface area contributed by atoms with Gasteiger partial charge in [0.05, 0.1) is 23.8 Å². The maximum atomic E-state index is 12.3. The van der Waals surface area contributed by atoms with Crippen molar-refractivity contribution < 1.29 is 9.59 Å². The molecule has 144 valence electrons. The van der Waals surface area contributed by atoms with Gasteiger partial charge in [0.15, 0.2) is 0 Å². The molecule has 11 nitrogen and oxygen atoms in total. The van der Waals surface area contributed by atoms with Crippen LogP contribution in [0, 0.1) is 5.41 Å². The Kier molecular flexibility index (Phi) is 5.16. The minimum Gasteiger partial charge on any atom is -0.397 e. The molecule has 3 rings (SSSR count). The number of carbonyl (C=O) groups excluding carboxylic acids is 2. The number of hydrogen-bond acceptors (Lipinski definition) is 8. The number of nitrogens with zero attached hydrogens (tertiary/aromatic N) is 4. The molecular weight excluding hydrogens is 362 g/mol. The fraction of sp³-hybridized carbons (Fsp3) is 0.176. The van der Waals surface area contributed by atoms with Gasteiger partial charge in [-0.05, 0) is 12.1 Å². The molecule has 0 spiro atoms. The standard InChI is InChI=1S/C17H19N9O2/c1-26(2)14(27)7-21-17(28)12-4-10-15(24-12)22-8-23-16(10)25-13-3-9(5-18)11(19)6-20-13/h3-6,8,18H,7,19H2,1-2H3,(H,21,28)(H2,20,22,23,24,25). The second-order valence-corrected chi connectivity index (χ2v) is 6.11. The van der Waals surface area contributed by atoms with Crippen LogP contribution < -0.4 is 16.4 Å². The molecule has 6 N–H and O–H groups in total. The van der Waals surface area contributed by atoms with Gasteiger partial charge in [-0.3, -0.25) is 9.59 Å². The first-order chi connectivity index (χ1) is 13.4. The van der Waals surface area contributed by atoms with E-state index in [4.69, 9.17) is 11.1 Å². The molecular formula is C17H19N9O2. The maximum Gasteiger partial charge on any atom is 0.268 e. The Morgan fingerprint density at radius 1 is 1.29 bits per heavy atom. The van der Waals surface area contributed by atoms with Gasteiger partial charge < -0.3 is 31.7 Å². The third-order valence-electron chi connectivity index (χ3n) is 3.94. The van der Waals surface area contributed by atoms with Crippen LogP contribution in [0.5, 0.6) is 0 Å². The SMILES string of the molecule is CN(C)C(=O)CNC(=O)c1cc2c(Nc3cc(C=N)c(N)cn3)ncnc2[nH]1. The summed E-state index contributed by atoms with van der Waals surface area (Å²) in [7, 11) is 3.22. The van der Waals surface area contributed by atoms with Crippen LogP contribution in [0.15, 0.2) is 24.7 Å². The first-order valence-electron chi connectivity index (χ1n) is 8.24. The van der Waals surface area contributed by atoms with Crippen LogP contribution >= 0.6 is 0 Å². The molecule has 3 heterocycles. The minimum atomic E-state index is -0.434. The Bertz CT molecular complexity index is 1060. The Morgan fingerprint density at radius 3 is 2.79 bits per heavy atom. The molecule has 0 bridgehead atoms. The second kappa shape index (κ2) is 7.70. The van der Waals surface area contributed by atoms with Crippen LogP contribution in [0.2, 0.25) is 0 Å². The van der Waals surface area contributed by atoms with Gasteiger partial charge in [-0.25, -0.2) is 15.0 Å². The minimum absolute atomic E-state index is 0.111. The summed E-state index contributed by atoms with van der Waals surface area (Å²) in [5.74, 6) is 0.216. The fourth-order valence-electron chi connectivity index (χ4n) is 2.37. The van der Waals surface area contributed by atoms with Crippen molar-refractivity contribution in [3.05, 3.63) is 35.9 Å². The fourth-order valence-corrected chi connectivity index (χ4v) is 2.37. The molecule has 0 aliphatic rings. The molecule has 0 radical (unpaired) electrons. The summed E-state index contributed by atoms with van der Waals surface area (Å²) < 4.78 is 0. The van der Waals surface area contributed by atoms with Crippen LogP contribution in [0.25, 0.3) is 11.0 Å². The summed E-state index contributed by atoms with van der Waals surface area (Å²) in [5, 5.41) is 13.5. The Hall–Kier alpha value is -4.02. The first-order valence-corrected chi connectivity index (χ1v) is 8.24. The van der Waals surface area contributed by atoms with Crippen LogP contribution in [-0.2, 0) is 4.79 Å². The highest BCUT2D eigenvalue weighted by atomic mass is 16.2. The molecule has 0 fully saturated rings. The van der Waals surface area contributed by atoms with Crippen LogP contribution in [0.3, 0.4) is 0 Å². The highest BCUT2D eigenvalue weighted by Gasteiger charge is 2.15. The molecule has 3 aromatic heterocycles. The third-order valence-corrected chi connectivity index (χ3v) is 3.94. The topological polar surface area (TPSA) is 166 Å². The van der Waals surface area contributed by atoms with Crippen molar-refractivity contribution in [3.8, 4) is 0 Å². The molecule has 3 aromatic rings. The zero-order valence-electron chi connectivity index (χ0n) is 15.3. The number of anilines is 3. The van der Waals surface area contributed by atoms with Crippen molar-refractivity contribution in [3.63, 3.8) is 0 Å². The molecule has 0 unspecified atom stereocenters. The number of carbonyl (C=O) groups is 2. The average molecular weight is 381 g/mol. The van der Waals surface area contributed by atoms with Crippen molar-refractivity contribution in [2.75, 3.05) is 31.7 Å². The summed E-state index contributed by atoms with van der Waals surface area (Å²) in [6.45, 7) is -0.111. The van der Waals surface area contributed by atoms with E-state index in [-0.39, 0.29) is 18.1 Å². The zero-order chi connectivity index (χ0) is 20.3. The predicted molar refractivity (Wildman–Crippen MR) is 105 cm³/mol. The molecule has 0 saturated carbocycles. The van der Waals surface area contributed by atoms with Gasteiger partial charge in [-0.15, -0.1) is 0 Å². The zero-order valence-corrected chi connectivity index (χ0v) is 15.3. The summed E-state index contributed by atoms with van der Waals surface area (Å²) in [4.78, 5) is 40.7. The van der Waals surface area contributed by atoms with Gasteiger partial charge >= 0.3 is 0 Å². The van der Waals surface area contributed by atoms with E-state index in [9.17, 15) is 9.59 Å². The lowest BCUT2D eigenvalue weighted by molar-refractivity contribution is -0.127. The van der Waals surface area contributed by atoms with Crippen molar-refractivity contribution >= 4 is 46.4 Å². The summed E-state index contributed by atoms with van der Waals surface area (Å²) in [5.41, 5.74) is 7.35. The van der Waals surface area contributed by atoms with Gasteiger partial charge in [0.2, 0.25) is 5.91 Å². The summed E-state index contributed by atoms with van der Waals surface area (Å²) >= 11 is 0. The number of nitrogens with two attached hydrogens (primary N) is 1. The maximum absolute atomic E-state index is 12.3. The van der Waals surface area contributed by atoms with Gasteiger partial charge in [0.1, 0.15) is 29.3 Å². The number of aromatic nitrogens is 4. The highest BCUT2D eigenvalue weighted by Crippen LogP contribution is 2.24. The Balaban J connectivity index is 1.84. The van der Waals surface area contributed by atoms with E-state index in [1.807, 2.05) is 0 Å². The lowest BCUT2D eigenvalue weighted by Gasteiger charge is -2.10. The first kappa shape index (κ1) is 18.8. The lowest BCUT2D eigenvalue weighted by Crippen LogP contribution is -2.36.